The van der Waals surface area contributed by atoms with Gasteiger partial charge in [-0.1, -0.05) is 6.92 Å². The van der Waals surface area contributed by atoms with Crippen LogP contribution in [0.1, 0.15) is 68.7 Å². The Bertz CT molecular complexity index is 829. The quantitative estimate of drug-likeness (QED) is 0.733. The van der Waals surface area contributed by atoms with Crippen LogP contribution in [0.25, 0.3) is 0 Å². The molecular weight excluding hydrogens is 404 g/mol. The fraction of sp³-hybridized carbons (Fsp3) is 0.818. The summed E-state index contributed by atoms with van der Waals surface area (Å²) < 4.78 is 33.4. The Kier molecular flexibility index (Phi) is 6.17. The molecule has 29 heavy (non-hydrogen) atoms. The number of thiophene rings is 1. The molecule has 1 N–H and O–H groups in total. The van der Waals surface area contributed by atoms with E-state index in [0.29, 0.717) is 12.0 Å². The molecule has 4 rings (SSSR count). The molecule has 3 heterocycles. The van der Waals surface area contributed by atoms with Crippen molar-refractivity contribution in [2.75, 3.05) is 19.7 Å². The van der Waals surface area contributed by atoms with Gasteiger partial charge in [0.15, 0.2) is 0 Å². The van der Waals surface area contributed by atoms with Crippen LogP contribution in [0.2, 0.25) is 0 Å². The van der Waals surface area contributed by atoms with Crippen LogP contribution in [-0.4, -0.2) is 50.3 Å². The topological polar surface area (TPSA) is 58.6 Å². The van der Waals surface area contributed by atoms with Crippen LogP contribution in [0.15, 0.2) is 6.07 Å². The lowest BCUT2D eigenvalue weighted by Gasteiger charge is -2.49. The first kappa shape index (κ1) is 21.8. The minimum absolute atomic E-state index is 0.0809. The lowest BCUT2D eigenvalue weighted by molar-refractivity contribution is -0.114. The van der Waals surface area contributed by atoms with Crippen molar-refractivity contribution in [3.63, 3.8) is 0 Å². The van der Waals surface area contributed by atoms with Gasteiger partial charge in [0.25, 0.3) is 0 Å². The summed E-state index contributed by atoms with van der Waals surface area (Å²) >= 11 is 1.99. The average molecular weight is 441 g/mol. The zero-order valence-corrected chi connectivity index (χ0v) is 19.9. The number of ether oxygens (including phenoxy) is 1. The van der Waals surface area contributed by atoms with Crippen molar-refractivity contribution in [3.8, 4) is 0 Å². The molecule has 2 atom stereocenters. The average Bonchev–Trinajstić information content (AvgIpc) is 3.07. The summed E-state index contributed by atoms with van der Waals surface area (Å²) in [5.41, 5.74) is 1.39. The Morgan fingerprint density at radius 2 is 2.14 bits per heavy atom. The number of nitrogens with one attached hydrogen (secondary N) is 1. The van der Waals surface area contributed by atoms with E-state index in [9.17, 15) is 8.42 Å². The van der Waals surface area contributed by atoms with Crippen molar-refractivity contribution < 1.29 is 13.2 Å². The molecule has 0 aromatic carbocycles. The predicted molar refractivity (Wildman–Crippen MR) is 119 cm³/mol. The second-order valence-corrected chi connectivity index (χ2v) is 13.0. The largest absolute Gasteiger partial charge is 0.370 e. The van der Waals surface area contributed by atoms with E-state index in [1.54, 1.807) is 18.7 Å². The SMILES string of the molecule is CCc1cc2c(s1)CCO[C@@]21CCN(C[C@H]2C[C@@H](NS(=O)(=O)C(C)C)C2)[C@@H](C)C1. The van der Waals surface area contributed by atoms with Gasteiger partial charge in [0, 0.05) is 41.3 Å². The third-order valence-corrected chi connectivity index (χ3v) is 10.4. The Morgan fingerprint density at radius 1 is 1.38 bits per heavy atom. The van der Waals surface area contributed by atoms with Crippen LogP contribution in [-0.2, 0) is 33.2 Å². The molecule has 1 spiro atoms. The van der Waals surface area contributed by atoms with Crippen molar-refractivity contribution in [2.24, 2.45) is 5.92 Å². The highest BCUT2D eigenvalue weighted by atomic mass is 32.2. The molecule has 1 aromatic rings. The number of sulfonamides is 1. The van der Waals surface area contributed by atoms with Crippen LogP contribution >= 0.6 is 11.3 Å². The molecule has 7 heteroatoms. The summed E-state index contributed by atoms with van der Waals surface area (Å²) in [6.45, 7) is 11.0. The van der Waals surface area contributed by atoms with E-state index in [0.717, 1.165) is 58.2 Å². The molecule has 0 amide bonds. The standard InChI is InChI=1S/C22H36N2O3S2/c1-5-19-12-20-21(28-19)6-9-27-22(20)7-8-24(16(4)13-22)14-17-10-18(11-17)23-29(25,26)15(2)3/h12,15-18,23H,5-11,13-14H2,1-4H3/t16-,17-,18+,22+/m0/s1. The molecule has 1 saturated carbocycles. The van der Waals surface area contributed by atoms with E-state index >= 15 is 0 Å². The van der Waals surface area contributed by atoms with E-state index < -0.39 is 10.0 Å². The van der Waals surface area contributed by atoms with E-state index in [-0.39, 0.29) is 16.9 Å². The number of hydrogen-bond acceptors (Lipinski definition) is 5. The van der Waals surface area contributed by atoms with E-state index in [1.807, 2.05) is 11.3 Å². The molecule has 2 aliphatic heterocycles. The van der Waals surface area contributed by atoms with Crippen molar-refractivity contribution in [2.45, 2.75) is 89.2 Å². The van der Waals surface area contributed by atoms with Gasteiger partial charge in [-0.3, -0.25) is 0 Å². The Hall–Kier alpha value is -0.470. The zero-order chi connectivity index (χ0) is 20.8. The predicted octanol–water partition coefficient (Wildman–Crippen LogP) is 3.67. The van der Waals surface area contributed by atoms with Gasteiger partial charge in [-0.05, 0) is 70.4 Å². The highest BCUT2D eigenvalue weighted by Gasteiger charge is 2.45. The molecule has 0 bridgehead atoms. The summed E-state index contributed by atoms with van der Waals surface area (Å²) in [6, 6.07) is 3.03. The van der Waals surface area contributed by atoms with Crippen molar-refractivity contribution in [1.82, 2.24) is 9.62 Å². The Balaban J connectivity index is 1.33. The monoisotopic (exact) mass is 440 g/mol. The first-order chi connectivity index (χ1) is 13.7. The Morgan fingerprint density at radius 3 is 2.79 bits per heavy atom. The van der Waals surface area contributed by atoms with Gasteiger partial charge in [-0.15, -0.1) is 11.3 Å². The molecule has 3 aliphatic rings. The van der Waals surface area contributed by atoms with Crippen LogP contribution in [0, 0.1) is 5.92 Å². The molecule has 1 aliphatic carbocycles. The maximum absolute atomic E-state index is 12.0. The molecule has 5 nitrogen and oxygen atoms in total. The van der Waals surface area contributed by atoms with Gasteiger partial charge in [-0.25, -0.2) is 13.1 Å². The molecule has 0 unspecified atom stereocenters. The van der Waals surface area contributed by atoms with E-state index in [2.05, 4.69) is 29.5 Å². The molecule has 0 radical (unpaired) electrons. The smallest absolute Gasteiger partial charge is 0.214 e. The zero-order valence-electron chi connectivity index (χ0n) is 18.2. The first-order valence-corrected chi connectivity index (χ1v) is 13.6. The van der Waals surface area contributed by atoms with E-state index in [4.69, 9.17) is 4.74 Å². The minimum atomic E-state index is -3.15. The van der Waals surface area contributed by atoms with Gasteiger partial charge in [0.2, 0.25) is 10.0 Å². The number of rotatable bonds is 6. The number of piperidine rings is 1. The summed E-state index contributed by atoms with van der Waals surface area (Å²) in [5, 5.41) is -0.356. The van der Waals surface area contributed by atoms with Crippen LogP contribution < -0.4 is 4.72 Å². The maximum Gasteiger partial charge on any atom is 0.214 e. The normalized spacial score (nSPS) is 33.1. The fourth-order valence-corrected chi connectivity index (χ4v) is 7.33. The number of hydrogen-bond donors (Lipinski definition) is 1. The third kappa shape index (κ3) is 4.31. The maximum atomic E-state index is 12.0. The third-order valence-electron chi connectivity index (χ3n) is 7.14. The Labute approximate surface area is 180 Å². The van der Waals surface area contributed by atoms with Crippen molar-refractivity contribution in [3.05, 3.63) is 21.4 Å². The highest BCUT2D eigenvalue weighted by molar-refractivity contribution is 7.90. The molecule has 1 saturated heterocycles. The summed E-state index contributed by atoms with van der Waals surface area (Å²) in [4.78, 5) is 5.64. The lowest BCUT2D eigenvalue weighted by atomic mass is 9.77. The fourth-order valence-electron chi connectivity index (χ4n) is 5.23. The van der Waals surface area contributed by atoms with Gasteiger partial charge < -0.3 is 9.64 Å². The number of likely N-dealkylation sites (tertiary alicyclic amines) is 1. The summed E-state index contributed by atoms with van der Waals surface area (Å²) in [7, 11) is -3.15. The first-order valence-electron chi connectivity index (χ1n) is 11.2. The van der Waals surface area contributed by atoms with Gasteiger partial charge in [0.1, 0.15) is 0 Å². The van der Waals surface area contributed by atoms with Gasteiger partial charge in [0.05, 0.1) is 17.5 Å². The second kappa shape index (κ2) is 8.23. The molecule has 164 valence electrons. The van der Waals surface area contributed by atoms with Gasteiger partial charge in [-0.2, -0.15) is 0 Å². The van der Waals surface area contributed by atoms with E-state index in [1.165, 1.54) is 10.4 Å². The minimum Gasteiger partial charge on any atom is -0.370 e. The summed E-state index contributed by atoms with van der Waals surface area (Å²) in [5.74, 6) is 0.599. The van der Waals surface area contributed by atoms with Crippen LogP contribution in [0.4, 0.5) is 0 Å². The second-order valence-electron chi connectivity index (χ2n) is 9.54. The number of aryl methyl sites for hydroxylation is 1. The van der Waals surface area contributed by atoms with Crippen molar-refractivity contribution >= 4 is 21.4 Å². The molecular formula is C22H36N2O3S2. The van der Waals surface area contributed by atoms with Crippen molar-refractivity contribution in [1.29, 1.82) is 0 Å². The lowest BCUT2D eigenvalue weighted by Crippen LogP contribution is -2.54. The number of nitrogens with zero attached hydrogens (tertiary/aromatic N) is 1. The van der Waals surface area contributed by atoms with Gasteiger partial charge >= 0.3 is 0 Å². The highest BCUT2D eigenvalue weighted by Crippen LogP contribution is 2.46. The molecule has 1 aromatic heterocycles. The van der Waals surface area contributed by atoms with Crippen LogP contribution in [0.5, 0.6) is 0 Å². The summed E-state index contributed by atoms with van der Waals surface area (Å²) in [6.07, 6.45) is 6.24. The molecule has 2 fully saturated rings. The number of fused-ring (bicyclic) bond motifs is 2. The van der Waals surface area contributed by atoms with Crippen LogP contribution in [0.3, 0.4) is 0 Å².